The first-order valence-electron chi connectivity index (χ1n) is 6.35. The van der Waals surface area contributed by atoms with E-state index in [9.17, 15) is 4.79 Å². The molecule has 0 unspecified atom stereocenters. The van der Waals surface area contributed by atoms with Gasteiger partial charge in [-0.05, 0) is 12.1 Å². The first kappa shape index (κ1) is 14.0. The van der Waals surface area contributed by atoms with Gasteiger partial charge < -0.3 is 10.2 Å². The van der Waals surface area contributed by atoms with Crippen molar-refractivity contribution in [2.24, 2.45) is 0 Å². The van der Waals surface area contributed by atoms with E-state index in [1.165, 1.54) is 0 Å². The Morgan fingerprint density at radius 2 is 2.15 bits per heavy atom. The molecule has 0 atom stereocenters. The van der Waals surface area contributed by atoms with Gasteiger partial charge in [0.25, 0.3) is 5.91 Å². The number of carbonyl (C=O) groups is 1. The molecule has 2 aromatic heterocycles. The summed E-state index contributed by atoms with van der Waals surface area (Å²) in [5, 5.41) is 9.46. The number of rotatable bonds is 4. The summed E-state index contributed by atoms with van der Waals surface area (Å²) >= 11 is 0. The maximum atomic E-state index is 12.1. The predicted molar refractivity (Wildman–Crippen MR) is 77.0 cm³/mol. The van der Waals surface area contributed by atoms with Crippen LogP contribution >= 0.6 is 0 Å². The highest BCUT2D eigenvalue weighted by molar-refractivity contribution is 6.03. The standard InChI is InChI=1S/C13H18N6O/c1-8(2)10-16-11(18-17-10)13(20)15-9-6-5-7-14-12(9)19(3)4/h5-8H,1-4H3,(H,15,20)(H,16,17,18). The maximum Gasteiger partial charge on any atom is 0.295 e. The molecule has 0 radical (unpaired) electrons. The van der Waals surface area contributed by atoms with Crippen LogP contribution in [0.25, 0.3) is 0 Å². The van der Waals surface area contributed by atoms with Crippen LogP contribution in [0.3, 0.4) is 0 Å². The van der Waals surface area contributed by atoms with Gasteiger partial charge in [0.15, 0.2) is 5.82 Å². The minimum Gasteiger partial charge on any atom is -0.361 e. The van der Waals surface area contributed by atoms with Gasteiger partial charge in [-0.15, -0.1) is 5.10 Å². The van der Waals surface area contributed by atoms with Crippen LogP contribution < -0.4 is 10.2 Å². The van der Waals surface area contributed by atoms with Crippen molar-refractivity contribution >= 4 is 17.4 Å². The molecule has 7 nitrogen and oxygen atoms in total. The summed E-state index contributed by atoms with van der Waals surface area (Å²) in [6.07, 6.45) is 1.68. The summed E-state index contributed by atoms with van der Waals surface area (Å²) < 4.78 is 0. The lowest BCUT2D eigenvalue weighted by molar-refractivity contribution is 0.101. The van der Waals surface area contributed by atoms with Gasteiger partial charge >= 0.3 is 0 Å². The Labute approximate surface area is 117 Å². The lowest BCUT2D eigenvalue weighted by atomic mass is 10.2. The second-order valence-corrected chi connectivity index (χ2v) is 4.92. The molecule has 0 spiro atoms. The van der Waals surface area contributed by atoms with Crippen LogP contribution in [0, 0.1) is 0 Å². The molecule has 0 fully saturated rings. The average molecular weight is 274 g/mol. The largest absolute Gasteiger partial charge is 0.361 e. The minimum absolute atomic E-state index is 0.127. The van der Waals surface area contributed by atoms with E-state index in [-0.39, 0.29) is 17.6 Å². The first-order valence-corrected chi connectivity index (χ1v) is 6.35. The first-order chi connectivity index (χ1) is 9.49. The normalized spacial score (nSPS) is 10.7. The molecule has 2 heterocycles. The van der Waals surface area contributed by atoms with Gasteiger partial charge in [0, 0.05) is 26.2 Å². The van der Waals surface area contributed by atoms with E-state index < -0.39 is 0 Å². The zero-order valence-corrected chi connectivity index (χ0v) is 12.0. The van der Waals surface area contributed by atoms with Gasteiger partial charge in [-0.25, -0.2) is 9.97 Å². The smallest absolute Gasteiger partial charge is 0.295 e. The van der Waals surface area contributed by atoms with E-state index in [2.05, 4.69) is 25.5 Å². The summed E-state index contributed by atoms with van der Waals surface area (Å²) in [6, 6.07) is 3.55. The van der Waals surface area contributed by atoms with E-state index in [4.69, 9.17) is 0 Å². The molecule has 0 bridgehead atoms. The molecular formula is C13H18N6O. The van der Waals surface area contributed by atoms with Gasteiger partial charge in [-0.1, -0.05) is 13.8 Å². The van der Waals surface area contributed by atoms with Crippen LogP contribution in [0.4, 0.5) is 11.5 Å². The van der Waals surface area contributed by atoms with Crippen LogP contribution in [-0.2, 0) is 0 Å². The van der Waals surface area contributed by atoms with E-state index >= 15 is 0 Å². The molecule has 0 aliphatic rings. The summed E-state index contributed by atoms with van der Waals surface area (Å²) in [6.45, 7) is 3.96. The number of hydrogen-bond acceptors (Lipinski definition) is 5. The minimum atomic E-state index is -0.357. The molecule has 0 saturated heterocycles. The van der Waals surface area contributed by atoms with Crippen molar-refractivity contribution in [3.63, 3.8) is 0 Å². The zero-order chi connectivity index (χ0) is 14.7. The Balaban J connectivity index is 2.19. The Kier molecular flexibility index (Phi) is 3.97. The highest BCUT2D eigenvalue weighted by Gasteiger charge is 2.16. The lowest BCUT2D eigenvalue weighted by Gasteiger charge is -2.15. The number of carbonyl (C=O) groups excluding carboxylic acids is 1. The molecule has 2 aromatic rings. The van der Waals surface area contributed by atoms with Crippen molar-refractivity contribution in [3.05, 3.63) is 30.0 Å². The Morgan fingerprint density at radius 3 is 2.75 bits per heavy atom. The van der Waals surface area contributed by atoms with Crippen LogP contribution in [0.2, 0.25) is 0 Å². The maximum absolute atomic E-state index is 12.1. The number of anilines is 2. The number of nitrogens with zero attached hydrogens (tertiary/aromatic N) is 4. The van der Waals surface area contributed by atoms with Crippen molar-refractivity contribution in [1.29, 1.82) is 0 Å². The van der Waals surface area contributed by atoms with Gasteiger partial charge in [-0.2, -0.15) is 0 Å². The number of nitrogens with one attached hydrogen (secondary N) is 2. The lowest BCUT2D eigenvalue weighted by Crippen LogP contribution is -2.18. The summed E-state index contributed by atoms with van der Waals surface area (Å²) in [4.78, 5) is 22.3. The molecule has 2 N–H and O–H groups in total. The molecule has 106 valence electrons. The summed E-state index contributed by atoms with van der Waals surface area (Å²) in [5.41, 5.74) is 0.624. The van der Waals surface area contributed by atoms with Crippen LogP contribution in [0.15, 0.2) is 18.3 Å². The SMILES string of the molecule is CC(C)c1nc(C(=O)Nc2cccnc2N(C)C)n[nH]1. The molecule has 7 heteroatoms. The van der Waals surface area contributed by atoms with E-state index in [1.807, 2.05) is 32.8 Å². The van der Waals surface area contributed by atoms with Crippen molar-refractivity contribution in [2.75, 3.05) is 24.3 Å². The monoisotopic (exact) mass is 274 g/mol. The Hall–Kier alpha value is -2.44. The molecule has 0 aromatic carbocycles. The number of pyridine rings is 1. The van der Waals surface area contributed by atoms with E-state index in [0.717, 1.165) is 0 Å². The van der Waals surface area contributed by atoms with Crippen molar-refractivity contribution in [2.45, 2.75) is 19.8 Å². The van der Waals surface area contributed by atoms with E-state index in [1.54, 1.807) is 18.3 Å². The molecule has 0 aliphatic heterocycles. The third-order valence-electron chi connectivity index (χ3n) is 2.71. The number of hydrogen-bond donors (Lipinski definition) is 2. The molecule has 0 aliphatic carbocycles. The van der Waals surface area contributed by atoms with Gasteiger partial charge in [0.05, 0.1) is 5.69 Å². The fraction of sp³-hybridized carbons (Fsp3) is 0.385. The molecular weight excluding hydrogens is 256 g/mol. The number of aromatic nitrogens is 4. The Morgan fingerprint density at radius 1 is 1.40 bits per heavy atom. The van der Waals surface area contributed by atoms with Crippen molar-refractivity contribution in [3.8, 4) is 0 Å². The Bertz CT molecular complexity index is 604. The topological polar surface area (TPSA) is 86.8 Å². The number of aromatic amines is 1. The zero-order valence-electron chi connectivity index (χ0n) is 12.0. The number of H-pyrrole nitrogens is 1. The highest BCUT2D eigenvalue weighted by Crippen LogP contribution is 2.20. The van der Waals surface area contributed by atoms with Crippen molar-refractivity contribution in [1.82, 2.24) is 20.2 Å². The van der Waals surface area contributed by atoms with Crippen LogP contribution in [-0.4, -0.2) is 40.2 Å². The van der Waals surface area contributed by atoms with Crippen molar-refractivity contribution < 1.29 is 4.79 Å². The van der Waals surface area contributed by atoms with Crippen LogP contribution in [0.5, 0.6) is 0 Å². The number of amides is 1. The second kappa shape index (κ2) is 5.68. The molecule has 0 saturated carbocycles. The molecule has 1 amide bonds. The molecule has 2 rings (SSSR count). The summed E-state index contributed by atoms with van der Waals surface area (Å²) in [5.74, 6) is 1.33. The molecule has 20 heavy (non-hydrogen) atoms. The van der Waals surface area contributed by atoms with Gasteiger partial charge in [-0.3, -0.25) is 9.89 Å². The third-order valence-corrected chi connectivity index (χ3v) is 2.71. The summed E-state index contributed by atoms with van der Waals surface area (Å²) in [7, 11) is 3.73. The van der Waals surface area contributed by atoms with Gasteiger partial charge in [0.1, 0.15) is 5.82 Å². The average Bonchev–Trinajstić information content (AvgIpc) is 2.89. The fourth-order valence-corrected chi connectivity index (χ4v) is 1.66. The van der Waals surface area contributed by atoms with E-state index in [0.29, 0.717) is 17.3 Å². The third kappa shape index (κ3) is 2.93. The quantitative estimate of drug-likeness (QED) is 0.885. The van der Waals surface area contributed by atoms with Crippen LogP contribution in [0.1, 0.15) is 36.2 Å². The van der Waals surface area contributed by atoms with Gasteiger partial charge in [0.2, 0.25) is 5.82 Å². The second-order valence-electron chi connectivity index (χ2n) is 4.92. The highest BCUT2D eigenvalue weighted by atomic mass is 16.2. The fourth-order valence-electron chi connectivity index (χ4n) is 1.66. The predicted octanol–water partition coefficient (Wildman–Crippen LogP) is 1.64.